The molecule has 0 aliphatic carbocycles. The van der Waals surface area contributed by atoms with Crippen LogP contribution in [-0.4, -0.2) is 48.5 Å². The van der Waals surface area contributed by atoms with E-state index >= 15 is 0 Å². The van der Waals surface area contributed by atoms with Crippen molar-refractivity contribution in [3.63, 3.8) is 0 Å². The zero-order chi connectivity index (χ0) is 11.0. The van der Waals surface area contributed by atoms with Crippen LogP contribution >= 0.6 is 11.8 Å². The van der Waals surface area contributed by atoms with E-state index in [0.29, 0.717) is 0 Å². The summed E-state index contributed by atoms with van der Waals surface area (Å²) in [6.07, 6.45) is 2.07. The lowest BCUT2D eigenvalue weighted by Crippen LogP contribution is -2.45. The third-order valence-corrected chi connectivity index (χ3v) is 2.81. The minimum Gasteiger partial charge on any atom is -0.342 e. The van der Waals surface area contributed by atoms with Crippen LogP contribution in [0.4, 0.5) is 0 Å². The lowest BCUT2D eigenvalue weighted by Gasteiger charge is -2.23. The standard InChI is InChI=1S/C10H22N2OS/c1-5-12(6-2)10(13)9(3)11-7-8-14-4/h9,11H,5-8H2,1-4H3. The fourth-order valence-electron chi connectivity index (χ4n) is 1.27. The molecule has 1 amide bonds. The summed E-state index contributed by atoms with van der Waals surface area (Å²) in [7, 11) is 0. The maximum atomic E-state index is 11.8. The number of hydrogen-bond acceptors (Lipinski definition) is 3. The van der Waals surface area contributed by atoms with Crippen molar-refractivity contribution >= 4 is 17.7 Å². The van der Waals surface area contributed by atoms with Gasteiger partial charge in [0.05, 0.1) is 6.04 Å². The molecule has 0 aliphatic rings. The number of thioether (sulfide) groups is 1. The largest absolute Gasteiger partial charge is 0.342 e. The van der Waals surface area contributed by atoms with E-state index in [1.807, 2.05) is 25.7 Å². The van der Waals surface area contributed by atoms with Crippen molar-refractivity contribution in [2.75, 3.05) is 31.6 Å². The van der Waals surface area contributed by atoms with Crippen LogP contribution in [0.2, 0.25) is 0 Å². The second-order valence-corrected chi connectivity index (χ2v) is 4.16. The van der Waals surface area contributed by atoms with Gasteiger partial charge in [0.1, 0.15) is 0 Å². The number of carbonyl (C=O) groups is 1. The first-order chi connectivity index (χ1) is 6.67. The molecule has 0 spiro atoms. The fraction of sp³-hybridized carbons (Fsp3) is 0.900. The van der Waals surface area contributed by atoms with Gasteiger partial charge in [-0.15, -0.1) is 0 Å². The van der Waals surface area contributed by atoms with Crippen LogP contribution in [-0.2, 0) is 4.79 Å². The van der Waals surface area contributed by atoms with Crippen LogP contribution in [0.1, 0.15) is 20.8 Å². The van der Waals surface area contributed by atoms with Gasteiger partial charge in [-0.1, -0.05) is 0 Å². The van der Waals surface area contributed by atoms with Crippen LogP contribution in [0.3, 0.4) is 0 Å². The van der Waals surface area contributed by atoms with Gasteiger partial charge < -0.3 is 10.2 Å². The van der Waals surface area contributed by atoms with Crippen LogP contribution < -0.4 is 5.32 Å². The zero-order valence-corrected chi connectivity index (χ0v) is 10.5. The number of amides is 1. The Balaban J connectivity index is 3.84. The molecule has 0 aromatic carbocycles. The summed E-state index contributed by atoms with van der Waals surface area (Å²) in [6.45, 7) is 8.44. The van der Waals surface area contributed by atoms with E-state index in [1.165, 1.54) is 0 Å². The number of nitrogens with zero attached hydrogens (tertiary/aromatic N) is 1. The lowest BCUT2D eigenvalue weighted by atomic mass is 10.3. The van der Waals surface area contributed by atoms with Crippen LogP contribution in [0, 0.1) is 0 Å². The van der Waals surface area contributed by atoms with E-state index < -0.39 is 0 Å². The molecule has 0 radical (unpaired) electrons. The summed E-state index contributed by atoms with van der Waals surface area (Å²) in [5.74, 6) is 1.26. The zero-order valence-electron chi connectivity index (χ0n) is 9.67. The first-order valence-corrected chi connectivity index (χ1v) is 6.57. The average Bonchev–Trinajstić information content (AvgIpc) is 2.19. The molecule has 0 aromatic rings. The van der Waals surface area contributed by atoms with Crippen LogP contribution in [0.15, 0.2) is 0 Å². The van der Waals surface area contributed by atoms with Gasteiger partial charge in [-0.25, -0.2) is 0 Å². The van der Waals surface area contributed by atoms with Gasteiger partial charge in [0, 0.05) is 25.4 Å². The Bertz CT molecular complexity index is 160. The first kappa shape index (κ1) is 13.8. The second kappa shape index (κ2) is 8.12. The van der Waals surface area contributed by atoms with Gasteiger partial charge in [-0.3, -0.25) is 4.79 Å². The highest BCUT2D eigenvalue weighted by Gasteiger charge is 2.16. The molecule has 0 rings (SSSR count). The van der Waals surface area contributed by atoms with E-state index in [1.54, 1.807) is 11.8 Å². The van der Waals surface area contributed by atoms with Crippen molar-refractivity contribution in [3.8, 4) is 0 Å². The van der Waals surface area contributed by atoms with Crippen molar-refractivity contribution in [2.24, 2.45) is 0 Å². The van der Waals surface area contributed by atoms with E-state index in [-0.39, 0.29) is 11.9 Å². The van der Waals surface area contributed by atoms with Crippen molar-refractivity contribution < 1.29 is 4.79 Å². The molecule has 0 aromatic heterocycles. The Kier molecular flexibility index (Phi) is 7.99. The molecule has 1 unspecified atom stereocenters. The summed E-state index contributed by atoms with van der Waals surface area (Å²) in [5, 5.41) is 3.22. The Morgan fingerprint density at radius 2 is 2.00 bits per heavy atom. The van der Waals surface area contributed by atoms with Crippen LogP contribution in [0.25, 0.3) is 0 Å². The molecule has 0 saturated heterocycles. The Morgan fingerprint density at radius 3 is 2.43 bits per heavy atom. The number of nitrogens with one attached hydrogen (secondary N) is 1. The maximum absolute atomic E-state index is 11.8. The number of hydrogen-bond donors (Lipinski definition) is 1. The van der Waals surface area contributed by atoms with Gasteiger partial charge in [-0.2, -0.15) is 11.8 Å². The second-order valence-electron chi connectivity index (χ2n) is 3.18. The van der Waals surface area contributed by atoms with Crippen molar-refractivity contribution in [3.05, 3.63) is 0 Å². The third kappa shape index (κ3) is 4.86. The summed E-state index contributed by atoms with van der Waals surface area (Å²) in [6, 6.07) is -0.0537. The van der Waals surface area contributed by atoms with Gasteiger partial charge in [0.25, 0.3) is 0 Å². The van der Waals surface area contributed by atoms with Gasteiger partial charge in [0.15, 0.2) is 0 Å². The minimum atomic E-state index is -0.0537. The van der Waals surface area contributed by atoms with Gasteiger partial charge in [0.2, 0.25) is 5.91 Å². The van der Waals surface area contributed by atoms with Crippen molar-refractivity contribution in [2.45, 2.75) is 26.8 Å². The minimum absolute atomic E-state index is 0.0537. The lowest BCUT2D eigenvalue weighted by molar-refractivity contribution is -0.132. The predicted octanol–water partition coefficient (Wildman–Crippen LogP) is 1.20. The SMILES string of the molecule is CCN(CC)C(=O)C(C)NCCSC. The molecule has 0 saturated carbocycles. The molecule has 84 valence electrons. The number of carbonyl (C=O) groups excluding carboxylic acids is 1. The highest BCUT2D eigenvalue weighted by atomic mass is 32.2. The Hall–Kier alpha value is -0.220. The smallest absolute Gasteiger partial charge is 0.239 e. The predicted molar refractivity (Wildman–Crippen MR) is 63.8 cm³/mol. The van der Waals surface area contributed by atoms with Crippen molar-refractivity contribution in [1.82, 2.24) is 10.2 Å². The number of likely N-dealkylation sites (N-methyl/N-ethyl adjacent to an activating group) is 1. The fourth-order valence-corrected chi connectivity index (χ4v) is 1.60. The normalized spacial score (nSPS) is 12.6. The summed E-state index contributed by atoms with van der Waals surface area (Å²) in [4.78, 5) is 13.6. The molecule has 3 nitrogen and oxygen atoms in total. The van der Waals surface area contributed by atoms with Crippen molar-refractivity contribution in [1.29, 1.82) is 0 Å². The average molecular weight is 218 g/mol. The van der Waals surface area contributed by atoms with Crippen LogP contribution in [0.5, 0.6) is 0 Å². The molecular formula is C10H22N2OS. The molecule has 0 heterocycles. The van der Waals surface area contributed by atoms with E-state index in [0.717, 1.165) is 25.4 Å². The van der Waals surface area contributed by atoms with E-state index in [9.17, 15) is 4.79 Å². The highest BCUT2D eigenvalue weighted by Crippen LogP contribution is 1.95. The van der Waals surface area contributed by atoms with Gasteiger partial charge >= 0.3 is 0 Å². The molecule has 4 heteroatoms. The highest BCUT2D eigenvalue weighted by molar-refractivity contribution is 7.98. The molecule has 0 bridgehead atoms. The molecule has 0 fully saturated rings. The Labute approximate surface area is 91.6 Å². The van der Waals surface area contributed by atoms with E-state index in [2.05, 4.69) is 11.6 Å². The third-order valence-electron chi connectivity index (χ3n) is 2.20. The molecule has 0 aliphatic heterocycles. The first-order valence-electron chi connectivity index (χ1n) is 5.18. The number of rotatable bonds is 7. The summed E-state index contributed by atoms with van der Waals surface area (Å²) >= 11 is 1.79. The molecule has 14 heavy (non-hydrogen) atoms. The monoisotopic (exact) mass is 218 g/mol. The molecule has 1 N–H and O–H groups in total. The van der Waals surface area contributed by atoms with E-state index in [4.69, 9.17) is 0 Å². The summed E-state index contributed by atoms with van der Waals surface area (Å²) in [5.41, 5.74) is 0. The molecule has 1 atom stereocenters. The van der Waals surface area contributed by atoms with Gasteiger partial charge in [-0.05, 0) is 27.0 Å². The summed E-state index contributed by atoms with van der Waals surface area (Å²) < 4.78 is 0. The topological polar surface area (TPSA) is 32.3 Å². The quantitative estimate of drug-likeness (QED) is 0.652. The Morgan fingerprint density at radius 1 is 1.43 bits per heavy atom. The molecular weight excluding hydrogens is 196 g/mol. The maximum Gasteiger partial charge on any atom is 0.239 e.